The summed E-state index contributed by atoms with van der Waals surface area (Å²) in [6.45, 7) is 2.88. The lowest BCUT2D eigenvalue weighted by molar-refractivity contribution is -0.119. The van der Waals surface area contributed by atoms with E-state index in [0.29, 0.717) is 24.0 Å². The molecule has 0 bridgehead atoms. The molecule has 0 aliphatic heterocycles. The van der Waals surface area contributed by atoms with Gasteiger partial charge in [-0.25, -0.2) is 9.67 Å². The highest BCUT2D eigenvalue weighted by Crippen LogP contribution is 2.35. The number of hydrogen-bond donors (Lipinski definition) is 0. The van der Waals surface area contributed by atoms with E-state index in [9.17, 15) is 4.79 Å². The number of carbonyl (C=O) groups is 1. The number of carbonyl (C=O) groups excluding carboxylic acids is 1. The Balaban J connectivity index is 1.52. The molecule has 5 aromatic rings. The Labute approximate surface area is 188 Å². The Kier molecular flexibility index (Phi) is 5.47. The first-order valence-corrected chi connectivity index (χ1v) is 11.0. The summed E-state index contributed by atoms with van der Waals surface area (Å²) >= 11 is 1.46. The number of thiazole rings is 1. The molecule has 0 unspecified atom stereocenters. The molecule has 0 atom stereocenters. The lowest BCUT2D eigenvalue weighted by atomic mass is 10.2. The molecule has 32 heavy (non-hydrogen) atoms. The Morgan fingerprint density at radius 2 is 2.03 bits per heavy atom. The van der Waals surface area contributed by atoms with Crippen LogP contribution in [0.2, 0.25) is 0 Å². The van der Waals surface area contributed by atoms with E-state index in [1.165, 1.54) is 11.3 Å². The van der Waals surface area contributed by atoms with Gasteiger partial charge in [0.05, 0.1) is 23.4 Å². The van der Waals surface area contributed by atoms with Crippen molar-refractivity contribution in [3.05, 3.63) is 72.6 Å². The smallest absolute Gasteiger partial charge is 0.250 e. The van der Waals surface area contributed by atoms with Crippen molar-refractivity contribution in [2.75, 3.05) is 11.5 Å². The number of nitrogens with zero attached hydrogens (tertiary/aromatic N) is 6. The number of benzene rings is 2. The lowest BCUT2D eigenvalue weighted by Crippen LogP contribution is -2.33. The zero-order valence-corrected chi connectivity index (χ0v) is 18.2. The highest BCUT2D eigenvalue weighted by atomic mass is 32.1. The molecule has 1 amide bonds. The first-order chi connectivity index (χ1) is 15.7. The average molecular weight is 445 g/mol. The van der Waals surface area contributed by atoms with Crippen LogP contribution in [0, 0.1) is 0 Å². The molecule has 9 heteroatoms. The SMILES string of the molecule is CCOc1cccc2sc(N(Cc3cccnc3)C(=O)Cn3nnc4ccccc43)nc12. The molecule has 0 saturated carbocycles. The van der Waals surface area contributed by atoms with Crippen molar-refractivity contribution in [1.29, 1.82) is 0 Å². The third kappa shape index (κ3) is 3.90. The quantitative estimate of drug-likeness (QED) is 0.376. The second-order valence-corrected chi connectivity index (χ2v) is 8.12. The van der Waals surface area contributed by atoms with Gasteiger partial charge in [-0.15, -0.1) is 5.10 Å². The van der Waals surface area contributed by atoms with E-state index in [1.54, 1.807) is 22.0 Å². The summed E-state index contributed by atoms with van der Waals surface area (Å²) in [7, 11) is 0. The normalized spacial score (nSPS) is 11.2. The number of aromatic nitrogens is 5. The molecule has 0 aliphatic rings. The fourth-order valence-electron chi connectivity index (χ4n) is 3.48. The number of anilines is 1. The molecule has 0 spiro atoms. The third-order valence-corrected chi connectivity index (χ3v) is 6.01. The van der Waals surface area contributed by atoms with Gasteiger partial charge in [-0.1, -0.05) is 40.8 Å². The number of fused-ring (bicyclic) bond motifs is 2. The van der Waals surface area contributed by atoms with Gasteiger partial charge < -0.3 is 4.74 Å². The van der Waals surface area contributed by atoms with Gasteiger partial charge in [-0.3, -0.25) is 14.7 Å². The summed E-state index contributed by atoms with van der Waals surface area (Å²) in [5, 5.41) is 8.93. The molecular weight excluding hydrogens is 424 g/mol. The van der Waals surface area contributed by atoms with Crippen LogP contribution in [-0.2, 0) is 17.9 Å². The van der Waals surface area contributed by atoms with Gasteiger partial charge in [0.2, 0.25) is 0 Å². The van der Waals surface area contributed by atoms with Gasteiger partial charge in [-0.05, 0) is 42.8 Å². The standard InChI is InChI=1S/C23H20N6O2S/c1-2-31-19-10-5-11-20-22(19)25-23(32-20)28(14-16-7-6-12-24-13-16)21(30)15-29-18-9-4-3-8-17(18)26-27-29/h3-13H,2,14-15H2,1H3. The zero-order chi connectivity index (χ0) is 21.9. The Bertz CT molecular complexity index is 1380. The van der Waals surface area contributed by atoms with Crippen LogP contribution >= 0.6 is 11.3 Å². The number of rotatable bonds is 7. The van der Waals surface area contributed by atoms with E-state index in [4.69, 9.17) is 9.72 Å². The fraction of sp³-hybridized carbons (Fsp3) is 0.174. The van der Waals surface area contributed by atoms with E-state index in [0.717, 1.165) is 26.8 Å². The third-order valence-electron chi connectivity index (χ3n) is 4.97. The minimum atomic E-state index is -0.137. The largest absolute Gasteiger partial charge is 0.492 e. The van der Waals surface area contributed by atoms with Crippen LogP contribution in [0.5, 0.6) is 5.75 Å². The van der Waals surface area contributed by atoms with Crippen LogP contribution in [0.25, 0.3) is 21.3 Å². The number of pyridine rings is 1. The fourth-order valence-corrected chi connectivity index (χ4v) is 4.48. The van der Waals surface area contributed by atoms with Crippen molar-refractivity contribution >= 4 is 43.6 Å². The number of ether oxygens (including phenoxy) is 1. The van der Waals surface area contributed by atoms with Crippen LogP contribution in [0.15, 0.2) is 67.0 Å². The molecule has 0 saturated heterocycles. The molecule has 3 aromatic heterocycles. The first-order valence-electron chi connectivity index (χ1n) is 10.2. The molecule has 5 rings (SSSR count). The van der Waals surface area contributed by atoms with Crippen molar-refractivity contribution in [1.82, 2.24) is 25.0 Å². The maximum atomic E-state index is 13.5. The maximum Gasteiger partial charge on any atom is 0.250 e. The topological polar surface area (TPSA) is 86.0 Å². The van der Waals surface area contributed by atoms with E-state index >= 15 is 0 Å². The molecular formula is C23H20N6O2S. The lowest BCUT2D eigenvalue weighted by Gasteiger charge is -2.20. The second-order valence-electron chi connectivity index (χ2n) is 7.11. The van der Waals surface area contributed by atoms with E-state index in [2.05, 4.69) is 15.3 Å². The summed E-state index contributed by atoms with van der Waals surface area (Å²) in [6.07, 6.45) is 3.47. The van der Waals surface area contributed by atoms with Crippen LogP contribution in [0.3, 0.4) is 0 Å². The van der Waals surface area contributed by atoms with Gasteiger partial charge in [-0.2, -0.15) is 0 Å². The van der Waals surface area contributed by atoms with E-state index in [1.807, 2.05) is 61.5 Å². The molecule has 0 aliphatic carbocycles. The summed E-state index contributed by atoms with van der Waals surface area (Å²) < 4.78 is 8.31. The van der Waals surface area contributed by atoms with Gasteiger partial charge in [0.25, 0.3) is 5.91 Å². The predicted octanol–water partition coefficient (Wildman–Crippen LogP) is 4.07. The molecule has 0 radical (unpaired) electrons. The summed E-state index contributed by atoms with van der Waals surface area (Å²) in [4.78, 5) is 24.1. The van der Waals surface area contributed by atoms with E-state index in [-0.39, 0.29) is 12.5 Å². The highest BCUT2D eigenvalue weighted by Gasteiger charge is 2.23. The average Bonchev–Trinajstić information content (AvgIpc) is 3.43. The second kappa shape index (κ2) is 8.72. The molecule has 3 heterocycles. The van der Waals surface area contributed by atoms with Crippen molar-refractivity contribution in [3.8, 4) is 5.75 Å². The predicted molar refractivity (Wildman–Crippen MR) is 124 cm³/mol. The molecule has 8 nitrogen and oxygen atoms in total. The Morgan fingerprint density at radius 1 is 1.12 bits per heavy atom. The molecule has 2 aromatic carbocycles. The first kappa shape index (κ1) is 20.1. The van der Waals surface area contributed by atoms with Crippen molar-refractivity contribution in [3.63, 3.8) is 0 Å². The summed E-state index contributed by atoms with van der Waals surface area (Å²) in [5.41, 5.74) is 3.23. The molecule has 160 valence electrons. The van der Waals surface area contributed by atoms with Crippen molar-refractivity contribution in [2.45, 2.75) is 20.0 Å². The van der Waals surface area contributed by atoms with Gasteiger partial charge in [0, 0.05) is 12.4 Å². The van der Waals surface area contributed by atoms with Gasteiger partial charge >= 0.3 is 0 Å². The molecule has 0 fully saturated rings. The van der Waals surface area contributed by atoms with Gasteiger partial charge in [0.1, 0.15) is 23.3 Å². The summed E-state index contributed by atoms with van der Waals surface area (Å²) in [6, 6.07) is 17.2. The number of hydrogen-bond acceptors (Lipinski definition) is 7. The van der Waals surface area contributed by atoms with Crippen LogP contribution in [0.4, 0.5) is 5.13 Å². The van der Waals surface area contributed by atoms with E-state index < -0.39 is 0 Å². The minimum absolute atomic E-state index is 0.0506. The molecule has 0 N–H and O–H groups in total. The number of amides is 1. The maximum absolute atomic E-state index is 13.5. The van der Waals surface area contributed by atoms with Crippen molar-refractivity contribution in [2.24, 2.45) is 0 Å². The summed E-state index contributed by atoms with van der Waals surface area (Å²) in [5.74, 6) is 0.574. The minimum Gasteiger partial charge on any atom is -0.492 e. The van der Waals surface area contributed by atoms with Crippen LogP contribution in [0.1, 0.15) is 12.5 Å². The Hall–Kier alpha value is -3.85. The number of para-hydroxylation sites is 2. The van der Waals surface area contributed by atoms with Crippen molar-refractivity contribution < 1.29 is 9.53 Å². The van der Waals surface area contributed by atoms with Gasteiger partial charge in [0.15, 0.2) is 5.13 Å². The van der Waals surface area contributed by atoms with Crippen LogP contribution < -0.4 is 9.64 Å². The highest BCUT2D eigenvalue weighted by molar-refractivity contribution is 7.22. The van der Waals surface area contributed by atoms with Crippen LogP contribution in [-0.4, -0.2) is 37.5 Å². The zero-order valence-electron chi connectivity index (χ0n) is 17.4. The monoisotopic (exact) mass is 444 g/mol. The Morgan fingerprint density at radius 3 is 2.88 bits per heavy atom.